The molecule has 138 valence electrons. The van der Waals surface area contributed by atoms with Gasteiger partial charge in [0.2, 0.25) is 0 Å². The number of carbonyl (C=O) groups excluding carboxylic acids is 1. The van der Waals surface area contributed by atoms with E-state index in [4.69, 9.17) is 10.5 Å². The van der Waals surface area contributed by atoms with Crippen molar-refractivity contribution in [2.45, 2.75) is 19.4 Å². The van der Waals surface area contributed by atoms with Gasteiger partial charge in [-0.3, -0.25) is 4.79 Å². The van der Waals surface area contributed by atoms with Gasteiger partial charge in [-0.05, 0) is 38.1 Å². The first-order valence-electron chi connectivity index (χ1n) is 7.46. The Kier molecular flexibility index (Phi) is 9.34. The van der Waals surface area contributed by atoms with Crippen molar-refractivity contribution in [1.29, 1.82) is 0 Å². The van der Waals surface area contributed by atoms with E-state index in [-0.39, 0.29) is 30.7 Å². The number of ether oxygens (including phenoxy) is 1. The molecule has 5 nitrogen and oxygen atoms in total. The van der Waals surface area contributed by atoms with E-state index in [1.54, 1.807) is 13.2 Å². The molecule has 0 aliphatic rings. The van der Waals surface area contributed by atoms with Gasteiger partial charge in [0.15, 0.2) is 0 Å². The normalized spacial score (nSPS) is 10.1. The van der Waals surface area contributed by atoms with E-state index >= 15 is 0 Å². The summed E-state index contributed by atoms with van der Waals surface area (Å²) in [6, 6.07) is 14.9. The summed E-state index contributed by atoms with van der Waals surface area (Å²) in [6.45, 7) is 4.14. The summed E-state index contributed by atoms with van der Waals surface area (Å²) in [5.41, 5.74) is 7.61. The molecule has 0 aliphatic heterocycles. The van der Waals surface area contributed by atoms with Crippen LogP contribution in [0.15, 0.2) is 48.5 Å². The highest BCUT2D eigenvalue weighted by molar-refractivity contribution is 6.00. The Morgan fingerprint density at radius 2 is 1.80 bits per heavy atom. The number of halogens is 2. The third kappa shape index (κ3) is 7.22. The van der Waals surface area contributed by atoms with Crippen molar-refractivity contribution in [3.63, 3.8) is 0 Å². The van der Waals surface area contributed by atoms with Crippen molar-refractivity contribution in [2.24, 2.45) is 5.73 Å². The number of hydrogen-bond donors (Lipinski definition) is 3. The molecule has 25 heavy (non-hydrogen) atoms. The molecular formula is C18H25Cl2N3O2. The fourth-order valence-corrected chi connectivity index (χ4v) is 2.05. The van der Waals surface area contributed by atoms with Crippen LogP contribution in [0.2, 0.25) is 0 Å². The average molecular weight is 386 g/mol. The lowest BCUT2D eigenvalue weighted by Gasteiger charge is -2.20. The molecule has 7 heteroatoms. The van der Waals surface area contributed by atoms with Gasteiger partial charge in [0.05, 0.1) is 18.4 Å². The first kappa shape index (κ1) is 23.1. The molecule has 0 bridgehead atoms. The maximum Gasteiger partial charge on any atom is 0.253 e. The van der Waals surface area contributed by atoms with Crippen LogP contribution >= 0.6 is 24.8 Å². The van der Waals surface area contributed by atoms with Crippen molar-refractivity contribution in [1.82, 2.24) is 5.32 Å². The lowest BCUT2D eigenvalue weighted by Crippen LogP contribution is -2.45. The van der Waals surface area contributed by atoms with E-state index in [9.17, 15) is 4.79 Å². The van der Waals surface area contributed by atoms with Crippen LogP contribution in [0, 0.1) is 0 Å². The monoisotopic (exact) mass is 385 g/mol. The zero-order chi connectivity index (χ0) is 16.9. The Morgan fingerprint density at radius 3 is 2.44 bits per heavy atom. The maximum atomic E-state index is 12.4. The van der Waals surface area contributed by atoms with E-state index in [0.29, 0.717) is 12.1 Å². The maximum absolute atomic E-state index is 12.4. The van der Waals surface area contributed by atoms with Crippen molar-refractivity contribution >= 4 is 42.1 Å². The summed E-state index contributed by atoms with van der Waals surface area (Å²) in [7, 11) is 1.62. The second-order valence-electron chi connectivity index (χ2n) is 6.07. The van der Waals surface area contributed by atoms with Crippen LogP contribution in [-0.4, -0.2) is 25.1 Å². The minimum absolute atomic E-state index is 0. The molecular weight excluding hydrogens is 361 g/mol. The number of amides is 1. The quantitative estimate of drug-likeness (QED) is 0.707. The summed E-state index contributed by atoms with van der Waals surface area (Å²) >= 11 is 0. The van der Waals surface area contributed by atoms with Crippen LogP contribution in [0.5, 0.6) is 5.75 Å². The smallest absolute Gasteiger partial charge is 0.253 e. The predicted octanol–water partition coefficient (Wildman–Crippen LogP) is 3.75. The predicted molar refractivity (Wildman–Crippen MR) is 108 cm³/mol. The third-order valence-corrected chi connectivity index (χ3v) is 3.22. The second kappa shape index (κ2) is 10.1. The molecule has 0 aliphatic carbocycles. The minimum atomic E-state index is -0.454. The summed E-state index contributed by atoms with van der Waals surface area (Å²) in [6.07, 6.45) is 0. The second-order valence-corrected chi connectivity index (χ2v) is 6.07. The lowest BCUT2D eigenvalue weighted by molar-refractivity contribution is 0.0947. The lowest BCUT2D eigenvalue weighted by atomic mass is 10.1. The van der Waals surface area contributed by atoms with Crippen LogP contribution in [-0.2, 0) is 0 Å². The average Bonchev–Trinajstić information content (AvgIpc) is 2.52. The van der Waals surface area contributed by atoms with Gasteiger partial charge >= 0.3 is 0 Å². The molecule has 0 unspecified atom stereocenters. The molecule has 0 atom stereocenters. The van der Waals surface area contributed by atoms with Crippen LogP contribution in [0.3, 0.4) is 0 Å². The molecule has 1 amide bonds. The molecule has 0 saturated carbocycles. The molecule has 4 N–H and O–H groups in total. The van der Waals surface area contributed by atoms with Gasteiger partial charge in [-0.1, -0.05) is 18.2 Å². The highest BCUT2D eigenvalue weighted by Crippen LogP contribution is 2.24. The minimum Gasteiger partial charge on any atom is -0.497 e. The van der Waals surface area contributed by atoms with Gasteiger partial charge in [-0.15, -0.1) is 24.8 Å². The summed E-state index contributed by atoms with van der Waals surface area (Å²) in [5, 5.41) is 6.11. The number of nitrogens with one attached hydrogen (secondary N) is 2. The van der Waals surface area contributed by atoms with E-state index in [1.807, 2.05) is 56.3 Å². The van der Waals surface area contributed by atoms with Gasteiger partial charge in [-0.2, -0.15) is 0 Å². The van der Waals surface area contributed by atoms with E-state index in [1.165, 1.54) is 0 Å². The molecule has 0 aromatic heterocycles. The highest BCUT2D eigenvalue weighted by atomic mass is 35.5. The van der Waals surface area contributed by atoms with E-state index < -0.39 is 5.54 Å². The number of rotatable bonds is 6. The molecule has 2 aromatic rings. The standard InChI is InChI=1S/C18H23N3O2.2ClH/c1-18(2,19)12-20-17(22)15-9-4-5-10-16(15)21-13-7-6-8-14(11-13)23-3;;/h4-11,21H,12,19H2,1-3H3,(H,20,22);2*1H. The Bertz CT molecular complexity index is 688. The number of benzene rings is 2. The Morgan fingerprint density at radius 1 is 1.12 bits per heavy atom. The molecule has 2 aromatic carbocycles. The van der Waals surface area contributed by atoms with Gasteiger partial charge in [0, 0.05) is 23.8 Å². The van der Waals surface area contributed by atoms with Gasteiger partial charge in [0.1, 0.15) is 5.75 Å². The van der Waals surface area contributed by atoms with Gasteiger partial charge in [-0.25, -0.2) is 0 Å². The van der Waals surface area contributed by atoms with Crippen LogP contribution in [0.25, 0.3) is 0 Å². The molecule has 0 saturated heterocycles. The SMILES string of the molecule is COc1cccc(Nc2ccccc2C(=O)NCC(C)(C)N)c1.Cl.Cl. The number of methoxy groups -OCH3 is 1. The fraction of sp³-hybridized carbons (Fsp3) is 0.278. The molecule has 0 fully saturated rings. The number of carbonyl (C=O) groups is 1. The molecule has 0 spiro atoms. The number of anilines is 2. The van der Waals surface area contributed by atoms with Gasteiger partial charge in [0.25, 0.3) is 5.91 Å². The largest absolute Gasteiger partial charge is 0.497 e. The summed E-state index contributed by atoms with van der Waals surface area (Å²) < 4.78 is 5.21. The molecule has 2 rings (SSSR count). The van der Waals surface area contributed by atoms with E-state index in [0.717, 1.165) is 17.1 Å². The van der Waals surface area contributed by atoms with E-state index in [2.05, 4.69) is 10.6 Å². The van der Waals surface area contributed by atoms with Crippen LogP contribution in [0.4, 0.5) is 11.4 Å². The van der Waals surface area contributed by atoms with Crippen LogP contribution < -0.4 is 21.1 Å². The third-order valence-electron chi connectivity index (χ3n) is 3.22. The van der Waals surface area contributed by atoms with Gasteiger partial charge < -0.3 is 21.1 Å². The van der Waals surface area contributed by atoms with Crippen molar-refractivity contribution < 1.29 is 9.53 Å². The van der Waals surface area contributed by atoms with Crippen molar-refractivity contribution in [3.05, 3.63) is 54.1 Å². The zero-order valence-electron chi connectivity index (χ0n) is 14.5. The summed E-state index contributed by atoms with van der Waals surface area (Å²) in [4.78, 5) is 12.4. The number of hydrogen-bond acceptors (Lipinski definition) is 4. The first-order chi connectivity index (χ1) is 10.9. The molecule has 0 heterocycles. The van der Waals surface area contributed by atoms with Crippen molar-refractivity contribution in [3.8, 4) is 5.75 Å². The zero-order valence-corrected chi connectivity index (χ0v) is 16.2. The Hall–Kier alpha value is -1.95. The van der Waals surface area contributed by atoms with Crippen molar-refractivity contribution in [2.75, 3.05) is 19.0 Å². The first-order valence-corrected chi connectivity index (χ1v) is 7.46. The number of para-hydroxylation sites is 1. The Labute approximate surface area is 161 Å². The topological polar surface area (TPSA) is 76.4 Å². The summed E-state index contributed by atoms with van der Waals surface area (Å²) in [5.74, 6) is 0.594. The fourth-order valence-electron chi connectivity index (χ4n) is 2.05. The highest BCUT2D eigenvalue weighted by Gasteiger charge is 2.15. The molecule has 0 radical (unpaired) electrons. The van der Waals surface area contributed by atoms with Crippen LogP contribution in [0.1, 0.15) is 24.2 Å². The Balaban J connectivity index is 0.00000288. The number of nitrogens with two attached hydrogens (primary N) is 1.